The standard InChI is InChI=1S/C41H23N3O2/c1-2-10-25-22-35-30(21-24(25)9-1)27-11-3-6-14-32(27)43(35)26-17-18-34-31(23-26)28-12-4-7-15-33(28)44(34)41-42-40-38(46-41)20-19-37-39(40)29-13-5-8-16-36(29)45-37/h1-23H. The molecule has 0 N–H and O–H groups in total. The van der Waals surface area contributed by atoms with Crippen molar-refractivity contribution in [1.82, 2.24) is 14.1 Å². The first-order valence-electron chi connectivity index (χ1n) is 15.5. The van der Waals surface area contributed by atoms with Crippen LogP contribution in [0.5, 0.6) is 0 Å². The molecule has 0 atom stereocenters. The number of rotatable bonds is 2. The number of furan rings is 1. The van der Waals surface area contributed by atoms with E-state index >= 15 is 0 Å². The second-order valence-corrected chi connectivity index (χ2v) is 12.0. The summed E-state index contributed by atoms with van der Waals surface area (Å²) < 4.78 is 17.2. The van der Waals surface area contributed by atoms with Crippen molar-refractivity contribution in [3.63, 3.8) is 0 Å². The van der Waals surface area contributed by atoms with E-state index in [1.807, 2.05) is 30.3 Å². The third-order valence-electron chi connectivity index (χ3n) is 9.53. The lowest BCUT2D eigenvalue weighted by atomic mass is 10.1. The van der Waals surface area contributed by atoms with E-state index in [-0.39, 0.29) is 0 Å². The molecule has 0 amide bonds. The van der Waals surface area contributed by atoms with Gasteiger partial charge in [-0.2, -0.15) is 4.98 Å². The fraction of sp³-hybridized carbons (Fsp3) is 0. The Balaban J connectivity index is 1.19. The first-order chi connectivity index (χ1) is 22.8. The summed E-state index contributed by atoms with van der Waals surface area (Å²) in [7, 11) is 0. The Morgan fingerprint density at radius 3 is 1.87 bits per heavy atom. The molecule has 0 bridgehead atoms. The fourth-order valence-electron chi connectivity index (χ4n) is 7.52. The average molecular weight is 590 g/mol. The highest BCUT2D eigenvalue weighted by Crippen LogP contribution is 2.40. The van der Waals surface area contributed by atoms with Crippen molar-refractivity contribution in [3.05, 3.63) is 140 Å². The van der Waals surface area contributed by atoms with Gasteiger partial charge in [0.25, 0.3) is 0 Å². The van der Waals surface area contributed by atoms with Crippen molar-refractivity contribution in [2.24, 2.45) is 0 Å². The highest BCUT2D eigenvalue weighted by atomic mass is 16.4. The van der Waals surface area contributed by atoms with E-state index in [9.17, 15) is 0 Å². The first kappa shape index (κ1) is 24.0. The third kappa shape index (κ3) is 3.11. The van der Waals surface area contributed by atoms with Crippen LogP contribution in [0.4, 0.5) is 0 Å². The van der Waals surface area contributed by atoms with Crippen LogP contribution in [0, 0.1) is 0 Å². The van der Waals surface area contributed by atoms with Crippen LogP contribution in [0.25, 0.3) is 99.1 Å². The average Bonchev–Trinajstić information content (AvgIpc) is 3.85. The van der Waals surface area contributed by atoms with E-state index in [1.54, 1.807) is 0 Å². The SMILES string of the molecule is c1ccc2cc3c(cc2c1)c1ccccc1n3-c1ccc2c(c1)c1ccccc1n2-c1nc2c(ccc3oc4ccccc4c32)o1. The van der Waals surface area contributed by atoms with E-state index in [2.05, 4.69) is 118 Å². The second kappa shape index (κ2) is 8.65. The minimum Gasteiger partial charge on any atom is -0.456 e. The summed E-state index contributed by atoms with van der Waals surface area (Å²) in [4.78, 5) is 5.12. The van der Waals surface area contributed by atoms with Gasteiger partial charge >= 0.3 is 6.01 Å². The summed E-state index contributed by atoms with van der Waals surface area (Å²) in [5, 5.41) is 9.27. The Morgan fingerprint density at radius 1 is 0.413 bits per heavy atom. The molecule has 0 unspecified atom stereocenters. The highest BCUT2D eigenvalue weighted by Gasteiger charge is 2.21. The third-order valence-corrected chi connectivity index (χ3v) is 9.53. The quantitative estimate of drug-likeness (QED) is 0.202. The van der Waals surface area contributed by atoms with E-state index < -0.39 is 0 Å². The van der Waals surface area contributed by atoms with Crippen molar-refractivity contribution in [2.45, 2.75) is 0 Å². The van der Waals surface area contributed by atoms with Crippen molar-refractivity contribution in [2.75, 3.05) is 0 Å². The molecule has 0 radical (unpaired) electrons. The van der Waals surface area contributed by atoms with Crippen LogP contribution in [0.2, 0.25) is 0 Å². The maximum atomic E-state index is 6.52. The fourth-order valence-corrected chi connectivity index (χ4v) is 7.52. The Labute approximate surface area is 261 Å². The Kier molecular flexibility index (Phi) is 4.52. The molecule has 4 heterocycles. The number of hydrogen-bond donors (Lipinski definition) is 0. The minimum absolute atomic E-state index is 0.537. The predicted octanol–water partition coefficient (Wildman–Crippen LogP) is 11.1. The number of hydrogen-bond acceptors (Lipinski definition) is 3. The summed E-state index contributed by atoms with van der Waals surface area (Å²) in [6.45, 7) is 0. The maximum absolute atomic E-state index is 6.52. The van der Waals surface area contributed by atoms with Gasteiger partial charge in [0.05, 0.1) is 27.5 Å². The van der Waals surface area contributed by atoms with Gasteiger partial charge in [0.1, 0.15) is 16.7 Å². The van der Waals surface area contributed by atoms with Gasteiger partial charge < -0.3 is 13.4 Å². The van der Waals surface area contributed by atoms with E-state index in [4.69, 9.17) is 13.8 Å². The summed E-state index contributed by atoms with van der Waals surface area (Å²) >= 11 is 0. The summed E-state index contributed by atoms with van der Waals surface area (Å²) in [5.41, 5.74) is 8.76. The molecule has 5 nitrogen and oxygen atoms in total. The molecule has 4 aromatic heterocycles. The van der Waals surface area contributed by atoms with E-state index in [1.165, 1.54) is 32.6 Å². The molecule has 0 aliphatic carbocycles. The molecule has 46 heavy (non-hydrogen) atoms. The van der Waals surface area contributed by atoms with Gasteiger partial charge in [0.15, 0.2) is 5.58 Å². The molecule has 0 fully saturated rings. The predicted molar refractivity (Wildman–Crippen MR) is 187 cm³/mol. The molecular weight excluding hydrogens is 566 g/mol. The molecule has 0 spiro atoms. The Hall–Kier alpha value is -6.33. The monoisotopic (exact) mass is 589 g/mol. The number of fused-ring (bicyclic) bond motifs is 12. The zero-order valence-corrected chi connectivity index (χ0v) is 24.4. The zero-order valence-electron chi connectivity index (χ0n) is 24.4. The number of benzene rings is 7. The summed E-state index contributed by atoms with van der Waals surface area (Å²) in [6.07, 6.45) is 0. The highest BCUT2D eigenvalue weighted by molar-refractivity contribution is 6.17. The molecule has 0 saturated heterocycles. The lowest BCUT2D eigenvalue weighted by Crippen LogP contribution is -1.96. The summed E-state index contributed by atoms with van der Waals surface area (Å²) in [6, 6.07) is 49.7. The van der Waals surface area contributed by atoms with E-state index in [0.29, 0.717) is 6.01 Å². The van der Waals surface area contributed by atoms with Crippen LogP contribution in [0.3, 0.4) is 0 Å². The number of aromatic nitrogens is 3. The van der Waals surface area contributed by atoms with Gasteiger partial charge in [-0.15, -0.1) is 0 Å². The number of oxazole rings is 1. The van der Waals surface area contributed by atoms with Crippen molar-refractivity contribution in [1.29, 1.82) is 0 Å². The van der Waals surface area contributed by atoms with Gasteiger partial charge in [-0.05, 0) is 71.4 Å². The lowest BCUT2D eigenvalue weighted by Gasteiger charge is -2.09. The van der Waals surface area contributed by atoms with Crippen LogP contribution >= 0.6 is 0 Å². The molecule has 0 aliphatic heterocycles. The van der Waals surface area contributed by atoms with Gasteiger partial charge in [0, 0.05) is 32.6 Å². The lowest BCUT2D eigenvalue weighted by molar-refractivity contribution is 0.574. The Bertz CT molecular complexity index is 3040. The largest absolute Gasteiger partial charge is 0.456 e. The first-order valence-corrected chi connectivity index (χ1v) is 15.5. The molecule has 5 heteroatoms. The van der Waals surface area contributed by atoms with Crippen LogP contribution in [0.1, 0.15) is 0 Å². The molecule has 0 aliphatic rings. The minimum atomic E-state index is 0.537. The summed E-state index contributed by atoms with van der Waals surface area (Å²) in [5.74, 6) is 0. The van der Waals surface area contributed by atoms with Crippen LogP contribution in [0.15, 0.2) is 148 Å². The molecule has 11 aromatic rings. The van der Waals surface area contributed by atoms with Gasteiger partial charge in [-0.1, -0.05) is 78.9 Å². The van der Waals surface area contributed by atoms with Gasteiger partial charge in [0.2, 0.25) is 0 Å². The molecule has 0 saturated carbocycles. The normalized spacial score (nSPS) is 12.3. The second-order valence-electron chi connectivity index (χ2n) is 12.0. The number of nitrogens with zero attached hydrogens (tertiary/aromatic N) is 3. The van der Waals surface area contributed by atoms with E-state index in [0.717, 1.165) is 60.5 Å². The van der Waals surface area contributed by atoms with Crippen LogP contribution in [-0.4, -0.2) is 14.1 Å². The molecule has 7 aromatic carbocycles. The molecule has 11 rings (SSSR count). The molecule has 214 valence electrons. The zero-order chi connectivity index (χ0) is 29.9. The Morgan fingerprint density at radius 2 is 1.04 bits per heavy atom. The van der Waals surface area contributed by atoms with Gasteiger partial charge in [-0.25, -0.2) is 0 Å². The smallest absolute Gasteiger partial charge is 0.307 e. The topological polar surface area (TPSA) is 49.0 Å². The van der Waals surface area contributed by atoms with Crippen molar-refractivity contribution >= 4 is 87.4 Å². The van der Waals surface area contributed by atoms with Crippen molar-refractivity contribution < 1.29 is 8.83 Å². The van der Waals surface area contributed by atoms with Gasteiger partial charge in [-0.3, -0.25) is 4.57 Å². The number of para-hydroxylation sites is 3. The maximum Gasteiger partial charge on any atom is 0.307 e. The molecular formula is C41H23N3O2. The van der Waals surface area contributed by atoms with Crippen molar-refractivity contribution in [3.8, 4) is 11.7 Å². The van der Waals surface area contributed by atoms with Crippen LogP contribution < -0.4 is 0 Å². The van der Waals surface area contributed by atoms with Crippen LogP contribution in [-0.2, 0) is 0 Å².